The van der Waals surface area contributed by atoms with E-state index in [1.54, 1.807) is 0 Å². The van der Waals surface area contributed by atoms with Gasteiger partial charge in [0.1, 0.15) is 0 Å². The van der Waals surface area contributed by atoms with Crippen molar-refractivity contribution >= 4 is 10.8 Å². The number of hydrogen-bond donors (Lipinski definition) is 1. The molecule has 1 atom stereocenters. The molecule has 100 valence electrons. The van der Waals surface area contributed by atoms with E-state index < -0.39 is 0 Å². The first-order valence-corrected chi connectivity index (χ1v) is 6.86. The molecule has 1 heterocycles. The van der Waals surface area contributed by atoms with Crippen molar-refractivity contribution in [2.45, 2.75) is 13.0 Å². The molecule has 3 rings (SSSR count). The van der Waals surface area contributed by atoms with Gasteiger partial charge in [0.05, 0.1) is 6.04 Å². The van der Waals surface area contributed by atoms with Gasteiger partial charge in [-0.05, 0) is 54.1 Å². The summed E-state index contributed by atoms with van der Waals surface area (Å²) in [6, 6.07) is 19.5. The van der Waals surface area contributed by atoms with Crippen LogP contribution < -0.4 is 5.32 Å². The van der Waals surface area contributed by atoms with Crippen LogP contribution in [-0.2, 0) is 0 Å². The van der Waals surface area contributed by atoms with Gasteiger partial charge in [0.25, 0.3) is 0 Å². The van der Waals surface area contributed by atoms with Gasteiger partial charge < -0.3 is 5.32 Å². The summed E-state index contributed by atoms with van der Waals surface area (Å²) in [5, 5.41) is 5.95. The molecule has 0 saturated heterocycles. The van der Waals surface area contributed by atoms with Gasteiger partial charge in [0.15, 0.2) is 0 Å². The maximum Gasteiger partial charge on any atom is 0.0575 e. The molecule has 0 aliphatic rings. The smallest absolute Gasteiger partial charge is 0.0575 e. The van der Waals surface area contributed by atoms with E-state index in [9.17, 15) is 0 Å². The van der Waals surface area contributed by atoms with Gasteiger partial charge in [-0.25, -0.2) is 0 Å². The van der Waals surface area contributed by atoms with Crippen LogP contribution in [0.2, 0.25) is 0 Å². The van der Waals surface area contributed by atoms with Crippen LogP contribution in [0.3, 0.4) is 0 Å². The molecule has 0 amide bonds. The van der Waals surface area contributed by atoms with Crippen molar-refractivity contribution in [2.75, 3.05) is 7.05 Å². The lowest BCUT2D eigenvalue weighted by molar-refractivity contribution is 0.690. The number of benzene rings is 2. The summed E-state index contributed by atoms with van der Waals surface area (Å²) < 4.78 is 0. The van der Waals surface area contributed by atoms with Gasteiger partial charge in [-0.2, -0.15) is 0 Å². The van der Waals surface area contributed by atoms with E-state index in [1.807, 2.05) is 20.2 Å². The maximum atomic E-state index is 4.27. The first-order valence-electron chi connectivity index (χ1n) is 6.86. The monoisotopic (exact) mass is 262 g/mol. The van der Waals surface area contributed by atoms with E-state index in [4.69, 9.17) is 0 Å². The zero-order chi connectivity index (χ0) is 13.9. The second kappa shape index (κ2) is 5.43. The van der Waals surface area contributed by atoms with E-state index in [0.29, 0.717) is 0 Å². The van der Waals surface area contributed by atoms with Crippen LogP contribution in [0.25, 0.3) is 10.8 Å². The minimum atomic E-state index is 0.196. The SMILES string of the molecule is CNC(c1ccnc(C)c1)c1ccc2ccccc2c1. The molecule has 0 bridgehead atoms. The normalized spacial score (nSPS) is 12.5. The molecule has 0 aliphatic heterocycles. The van der Waals surface area contributed by atoms with Crippen LogP contribution in [0.5, 0.6) is 0 Å². The molecule has 0 fully saturated rings. The summed E-state index contributed by atoms with van der Waals surface area (Å²) in [6.07, 6.45) is 1.87. The minimum absolute atomic E-state index is 0.196. The largest absolute Gasteiger partial charge is 0.309 e. The van der Waals surface area contributed by atoms with Gasteiger partial charge in [-0.1, -0.05) is 36.4 Å². The van der Waals surface area contributed by atoms with E-state index in [2.05, 4.69) is 64.9 Å². The van der Waals surface area contributed by atoms with Gasteiger partial charge in [-0.15, -0.1) is 0 Å². The number of hydrogen-bond acceptors (Lipinski definition) is 2. The first kappa shape index (κ1) is 12.8. The van der Waals surface area contributed by atoms with E-state index in [0.717, 1.165) is 5.69 Å². The highest BCUT2D eigenvalue weighted by Gasteiger charge is 2.12. The number of pyridine rings is 1. The third-order valence-corrected chi connectivity index (χ3v) is 3.65. The average Bonchev–Trinajstić information content (AvgIpc) is 2.48. The summed E-state index contributed by atoms with van der Waals surface area (Å²) in [7, 11) is 2.00. The predicted octanol–water partition coefficient (Wildman–Crippen LogP) is 3.85. The fourth-order valence-corrected chi connectivity index (χ4v) is 2.66. The fourth-order valence-electron chi connectivity index (χ4n) is 2.66. The summed E-state index contributed by atoms with van der Waals surface area (Å²) in [4.78, 5) is 4.27. The minimum Gasteiger partial charge on any atom is -0.309 e. The second-order valence-electron chi connectivity index (χ2n) is 5.06. The second-order valence-corrected chi connectivity index (χ2v) is 5.06. The van der Waals surface area contributed by atoms with Crippen LogP contribution in [-0.4, -0.2) is 12.0 Å². The molecule has 1 aromatic heterocycles. The quantitative estimate of drug-likeness (QED) is 0.775. The zero-order valence-corrected chi connectivity index (χ0v) is 11.8. The van der Waals surface area contributed by atoms with Crippen LogP contribution in [0, 0.1) is 6.92 Å². The lowest BCUT2D eigenvalue weighted by Gasteiger charge is -2.18. The molecule has 1 unspecified atom stereocenters. The Hall–Kier alpha value is -2.19. The molecular weight excluding hydrogens is 244 g/mol. The highest BCUT2D eigenvalue weighted by Crippen LogP contribution is 2.25. The van der Waals surface area contributed by atoms with E-state index in [-0.39, 0.29) is 6.04 Å². The predicted molar refractivity (Wildman–Crippen MR) is 83.8 cm³/mol. The average molecular weight is 262 g/mol. The summed E-state index contributed by atoms with van der Waals surface area (Å²) in [6.45, 7) is 2.02. The molecule has 0 saturated carbocycles. The van der Waals surface area contributed by atoms with Crippen molar-refractivity contribution in [3.63, 3.8) is 0 Å². The Labute approximate surface area is 119 Å². The molecule has 0 spiro atoms. The number of aryl methyl sites for hydroxylation is 1. The Balaban J connectivity index is 2.07. The van der Waals surface area contributed by atoms with Gasteiger partial charge >= 0.3 is 0 Å². The third-order valence-electron chi connectivity index (χ3n) is 3.65. The highest BCUT2D eigenvalue weighted by molar-refractivity contribution is 5.83. The van der Waals surface area contributed by atoms with Crippen LogP contribution in [0.4, 0.5) is 0 Å². The van der Waals surface area contributed by atoms with Crippen molar-refractivity contribution in [3.05, 3.63) is 77.6 Å². The van der Waals surface area contributed by atoms with Gasteiger partial charge in [0, 0.05) is 11.9 Å². The van der Waals surface area contributed by atoms with E-state index >= 15 is 0 Å². The van der Waals surface area contributed by atoms with Crippen molar-refractivity contribution in [3.8, 4) is 0 Å². The number of aromatic nitrogens is 1. The zero-order valence-electron chi connectivity index (χ0n) is 11.8. The van der Waals surface area contributed by atoms with Crippen molar-refractivity contribution in [1.82, 2.24) is 10.3 Å². The first-order chi connectivity index (χ1) is 9.78. The molecule has 2 heteroatoms. The molecule has 1 N–H and O–H groups in total. The lowest BCUT2D eigenvalue weighted by atomic mass is 9.96. The molecule has 0 aliphatic carbocycles. The molecular formula is C18H18N2. The number of nitrogens with one attached hydrogen (secondary N) is 1. The Morgan fingerprint density at radius 1 is 0.900 bits per heavy atom. The molecule has 0 radical (unpaired) electrons. The number of fused-ring (bicyclic) bond motifs is 1. The Kier molecular flexibility index (Phi) is 3.48. The molecule has 2 nitrogen and oxygen atoms in total. The topological polar surface area (TPSA) is 24.9 Å². The Morgan fingerprint density at radius 3 is 2.40 bits per heavy atom. The number of nitrogens with zero attached hydrogens (tertiary/aromatic N) is 1. The summed E-state index contributed by atoms with van der Waals surface area (Å²) >= 11 is 0. The molecule has 2 aromatic carbocycles. The maximum absolute atomic E-state index is 4.27. The van der Waals surface area contributed by atoms with Crippen LogP contribution >= 0.6 is 0 Å². The van der Waals surface area contributed by atoms with Crippen molar-refractivity contribution in [1.29, 1.82) is 0 Å². The number of rotatable bonds is 3. The standard InChI is InChI=1S/C18H18N2/c1-13-11-17(9-10-20-13)18(19-2)16-8-7-14-5-3-4-6-15(14)12-16/h3-12,18-19H,1-2H3. The Morgan fingerprint density at radius 2 is 1.65 bits per heavy atom. The third kappa shape index (κ3) is 2.43. The van der Waals surface area contributed by atoms with Crippen LogP contribution in [0.1, 0.15) is 22.9 Å². The summed E-state index contributed by atoms with van der Waals surface area (Å²) in [5.74, 6) is 0. The van der Waals surface area contributed by atoms with Gasteiger partial charge in [0.2, 0.25) is 0 Å². The summed E-state index contributed by atoms with van der Waals surface area (Å²) in [5.41, 5.74) is 3.57. The Bertz CT molecular complexity index is 734. The van der Waals surface area contributed by atoms with Crippen molar-refractivity contribution in [2.24, 2.45) is 0 Å². The molecule has 3 aromatic rings. The van der Waals surface area contributed by atoms with Crippen LogP contribution in [0.15, 0.2) is 60.8 Å². The molecule has 20 heavy (non-hydrogen) atoms. The van der Waals surface area contributed by atoms with E-state index in [1.165, 1.54) is 21.9 Å². The lowest BCUT2D eigenvalue weighted by Crippen LogP contribution is -2.17. The fraction of sp³-hybridized carbons (Fsp3) is 0.167. The van der Waals surface area contributed by atoms with Crippen molar-refractivity contribution < 1.29 is 0 Å². The highest BCUT2D eigenvalue weighted by atomic mass is 14.9. The van der Waals surface area contributed by atoms with Gasteiger partial charge in [-0.3, -0.25) is 4.98 Å².